The molecule has 0 spiro atoms. The van der Waals surface area contributed by atoms with Crippen molar-refractivity contribution in [3.8, 4) is 11.8 Å². The number of carbonyl (C=O) groups excluding carboxylic acids is 1. The third-order valence-corrected chi connectivity index (χ3v) is 3.34. The number of anilines is 1. The van der Waals surface area contributed by atoms with Crippen molar-refractivity contribution in [1.82, 2.24) is 0 Å². The van der Waals surface area contributed by atoms with Gasteiger partial charge in [0.1, 0.15) is 16.9 Å². The number of carbonyl (C=O) groups is 1. The summed E-state index contributed by atoms with van der Waals surface area (Å²) in [5.41, 5.74) is -0.0796. The van der Waals surface area contributed by atoms with E-state index in [-0.39, 0.29) is 27.8 Å². The lowest BCUT2D eigenvalue weighted by atomic mass is 10.3. The van der Waals surface area contributed by atoms with Crippen LogP contribution >= 0.6 is 10.9 Å². The molecule has 1 aliphatic heterocycles. The molecule has 0 aliphatic carbocycles. The fourth-order valence-corrected chi connectivity index (χ4v) is 2.06. The molecule has 8 nitrogen and oxygen atoms in total. The van der Waals surface area contributed by atoms with Gasteiger partial charge in [0.05, 0.1) is 17.7 Å². The van der Waals surface area contributed by atoms with E-state index in [4.69, 9.17) is 23.7 Å². The maximum Gasteiger partial charge on any atom is 0.354 e. The largest absolute Gasteiger partial charge is 0.465 e. The third kappa shape index (κ3) is 2.54. The van der Waals surface area contributed by atoms with Gasteiger partial charge in [-0.05, 0) is 18.2 Å². The Kier molecular flexibility index (Phi) is 3.56. The number of hydrogen-bond donors (Lipinski definition) is 4. The van der Waals surface area contributed by atoms with E-state index in [9.17, 15) is 4.79 Å². The summed E-state index contributed by atoms with van der Waals surface area (Å²) >= 11 is 0. The van der Waals surface area contributed by atoms with E-state index in [1.54, 1.807) is 6.07 Å². The molecule has 0 atom stereocenters. The molecule has 0 saturated heterocycles. The second kappa shape index (κ2) is 5.03. The van der Waals surface area contributed by atoms with Crippen LogP contribution in [0.25, 0.3) is 0 Å². The van der Waals surface area contributed by atoms with Crippen LogP contribution in [0.1, 0.15) is 0 Å². The average Bonchev–Trinajstić information content (AvgIpc) is 2.80. The quantitative estimate of drug-likeness (QED) is 0.370. The van der Waals surface area contributed by atoms with Gasteiger partial charge in [0.15, 0.2) is 11.3 Å². The summed E-state index contributed by atoms with van der Waals surface area (Å²) in [7, 11) is -2.73. The minimum atomic E-state index is -3.86. The summed E-state index contributed by atoms with van der Waals surface area (Å²) in [6, 6.07) is 5.50. The van der Waals surface area contributed by atoms with E-state index in [0.29, 0.717) is 0 Å². The van der Waals surface area contributed by atoms with Crippen LogP contribution in [0.5, 0.6) is 5.75 Å². The Bertz CT molecular complexity index is 643. The fourth-order valence-electron chi connectivity index (χ4n) is 1.53. The van der Waals surface area contributed by atoms with E-state index < -0.39 is 16.8 Å². The standard InChI is InChI=1S/C11H10N2O6S/c1-18-11(14)7(5-12)10-13-8-4-6(20(15,16)17)2-3-9(8)19-10/h2-4,13,15-17H,1H3/b10-7+. The molecule has 0 unspecified atom stereocenters. The molecule has 1 aromatic rings. The Morgan fingerprint density at radius 1 is 1.45 bits per heavy atom. The van der Waals surface area contributed by atoms with Crippen LogP contribution in [0.2, 0.25) is 0 Å². The topological polar surface area (TPSA) is 132 Å². The molecule has 20 heavy (non-hydrogen) atoms. The van der Waals surface area contributed by atoms with Gasteiger partial charge in [-0.3, -0.25) is 0 Å². The lowest BCUT2D eigenvalue weighted by Gasteiger charge is -2.19. The normalized spacial score (nSPS) is 16.4. The van der Waals surface area contributed by atoms with Gasteiger partial charge in [0, 0.05) is 0 Å². The predicted molar refractivity (Wildman–Crippen MR) is 69.1 cm³/mol. The first-order chi connectivity index (χ1) is 9.36. The predicted octanol–water partition coefficient (Wildman–Crippen LogP) is 1.98. The van der Waals surface area contributed by atoms with Crippen molar-refractivity contribution in [2.75, 3.05) is 12.4 Å². The number of nitrogens with one attached hydrogen (secondary N) is 1. The highest BCUT2D eigenvalue weighted by atomic mass is 32.3. The Morgan fingerprint density at radius 2 is 2.15 bits per heavy atom. The Hall–Kier alpha value is -2.25. The zero-order valence-electron chi connectivity index (χ0n) is 10.2. The van der Waals surface area contributed by atoms with Gasteiger partial charge in [-0.1, -0.05) is 0 Å². The third-order valence-electron chi connectivity index (χ3n) is 2.46. The number of benzene rings is 1. The molecule has 4 N–H and O–H groups in total. The molecule has 0 amide bonds. The summed E-state index contributed by atoms with van der Waals surface area (Å²) in [6.07, 6.45) is 0. The van der Waals surface area contributed by atoms with Crippen molar-refractivity contribution in [1.29, 1.82) is 5.26 Å². The number of esters is 1. The number of ether oxygens (including phenoxy) is 2. The van der Waals surface area contributed by atoms with Crippen molar-refractivity contribution >= 4 is 22.5 Å². The number of hydrogen-bond acceptors (Lipinski definition) is 8. The number of rotatable bonds is 2. The Balaban J connectivity index is 2.39. The number of nitriles is 1. The maximum absolute atomic E-state index is 11.4. The summed E-state index contributed by atoms with van der Waals surface area (Å²) in [5.74, 6) is -0.723. The van der Waals surface area contributed by atoms with Crippen molar-refractivity contribution in [3.05, 3.63) is 29.7 Å². The van der Waals surface area contributed by atoms with E-state index in [1.165, 1.54) is 18.2 Å². The van der Waals surface area contributed by atoms with Crippen LogP contribution < -0.4 is 10.1 Å². The number of methoxy groups -OCH3 is 1. The molecule has 1 heterocycles. The lowest BCUT2D eigenvalue weighted by molar-refractivity contribution is -0.135. The monoisotopic (exact) mass is 298 g/mol. The zero-order chi connectivity index (χ0) is 14.9. The first-order valence-electron chi connectivity index (χ1n) is 5.19. The molecule has 0 radical (unpaired) electrons. The SMILES string of the molecule is COC(=O)/C(C#N)=C1\Nc2cc(S(O)(O)O)ccc2O1. The minimum absolute atomic E-state index is 0.120. The molecule has 0 bridgehead atoms. The molecule has 0 saturated carbocycles. The van der Waals surface area contributed by atoms with Crippen LogP contribution in [0.4, 0.5) is 5.69 Å². The fraction of sp³-hybridized carbons (Fsp3) is 0.0909. The van der Waals surface area contributed by atoms with Crippen LogP contribution in [0, 0.1) is 11.3 Å². The van der Waals surface area contributed by atoms with Crippen molar-refractivity contribution in [2.45, 2.75) is 4.90 Å². The van der Waals surface area contributed by atoms with Crippen LogP contribution in [0.3, 0.4) is 0 Å². The number of fused-ring (bicyclic) bond motifs is 1. The summed E-state index contributed by atoms with van der Waals surface area (Å²) in [6.45, 7) is 0. The smallest absolute Gasteiger partial charge is 0.354 e. The van der Waals surface area contributed by atoms with Crippen molar-refractivity contribution < 1.29 is 27.9 Å². The molecule has 9 heteroatoms. The highest BCUT2D eigenvalue weighted by Gasteiger charge is 2.27. The van der Waals surface area contributed by atoms with Gasteiger partial charge in [0.2, 0.25) is 5.88 Å². The van der Waals surface area contributed by atoms with Gasteiger partial charge in [0.25, 0.3) is 0 Å². The molecule has 1 aliphatic rings. The molecule has 2 rings (SSSR count). The first-order valence-corrected chi connectivity index (χ1v) is 6.69. The molecule has 0 fully saturated rings. The maximum atomic E-state index is 11.4. The average molecular weight is 298 g/mol. The van der Waals surface area contributed by atoms with Crippen LogP contribution in [-0.2, 0) is 9.53 Å². The Labute approximate surface area is 115 Å². The number of nitrogens with zero attached hydrogens (tertiary/aromatic N) is 1. The molecule has 106 valence electrons. The highest BCUT2D eigenvalue weighted by molar-refractivity contribution is 8.19. The van der Waals surface area contributed by atoms with E-state index >= 15 is 0 Å². The first kappa shape index (κ1) is 14.2. The van der Waals surface area contributed by atoms with Crippen LogP contribution in [0.15, 0.2) is 34.6 Å². The highest BCUT2D eigenvalue weighted by Crippen LogP contribution is 2.47. The van der Waals surface area contributed by atoms with E-state index in [2.05, 4.69) is 10.1 Å². The van der Waals surface area contributed by atoms with E-state index in [0.717, 1.165) is 7.11 Å². The molecule has 1 aromatic carbocycles. The van der Waals surface area contributed by atoms with Gasteiger partial charge in [-0.25, -0.2) is 4.79 Å². The van der Waals surface area contributed by atoms with Gasteiger partial charge in [-0.2, -0.15) is 5.26 Å². The molecular formula is C11H10N2O6S. The zero-order valence-corrected chi connectivity index (χ0v) is 11.0. The lowest BCUT2D eigenvalue weighted by Crippen LogP contribution is -2.11. The second-order valence-electron chi connectivity index (χ2n) is 3.71. The molecular weight excluding hydrogens is 288 g/mol. The summed E-state index contributed by atoms with van der Waals surface area (Å²) < 4.78 is 37.2. The van der Waals surface area contributed by atoms with Crippen molar-refractivity contribution in [3.63, 3.8) is 0 Å². The second-order valence-corrected chi connectivity index (χ2v) is 5.22. The van der Waals surface area contributed by atoms with Crippen molar-refractivity contribution in [2.24, 2.45) is 0 Å². The van der Waals surface area contributed by atoms with Gasteiger partial charge >= 0.3 is 5.97 Å². The summed E-state index contributed by atoms with van der Waals surface area (Å²) in [4.78, 5) is 11.2. The minimum Gasteiger partial charge on any atom is -0.465 e. The van der Waals surface area contributed by atoms with E-state index in [1.807, 2.05) is 0 Å². The Morgan fingerprint density at radius 3 is 2.70 bits per heavy atom. The van der Waals surface area contributed by atoms with Crippen LogP contribution in [-0.4, -0.2) is 26.7 Å². The summed E-state index contributed by atoms with van der Waals surface area (Å²) in [5, 5.41) is 11.5. The van der Waals surface area contributed by atoms with Gasteiger partial charge < -0.3 is 28.4 Å². The molecule has 0 aromatic heterocycles. The van der Waals surface area contributed by atoms with Gasteiger partial charge in [-0.15, -0.1) is 0 Å².